The molecule has 0 spiro atoms. The number of carbonyl (C=O) groups is 1. The first-order valence-electron chi connectivity index (χ1n) is 8.78. The van der Waals surface area contributed by atoms with Crippen LogP contribution in [0.2, 0.25) is 0 Å². The normalized spacial score (nSPS) is 12.7. The Bertz CT molecular complexity index is 908. The van der Waals surface area contributed by atoms with E-state index in [1.165, 1.54) is 0 Å². The van der Waals surface area contributed by atoms with Crippen molar-refractivity contribution in [2.24, 2.45) is 0 Å². The summed E-state index contributed by atoms with van der Waals surface area (Å²) in [5, 5.41) is 10.8. The number of aromatic nitrogens is 2. The highest BCUT2D eigenvalue weighted by Gasteiger charge is 2.13. The first-order chi connectivity index (χ1) is 13.3. The molecule has 0 radical (unpaired) electrons. The van der Waals surface area contributed by atoms with Gasteiger partial charge >= 0.3 is 0 Å². The quantitative estimate of drug-likeness (QED) is 0.673. The molecule has 0 fully saturated rings. The van der Waals surface area contributed by atoms with Crippen LogP contribution in [0.5, 0.6) is 11.5 Å². The van der Waals surface area contributed by atoms with E-state index in [1.54, 1.807) is 11.3 Å². The molecule has 3 heterocycles. The van der Waals surface area contributed by atoms with E-state index in [4.69, 9.17) is 14.0 Å². The van der Waals surface area contributed by atoms with Crippen molar-refractivity contribution in [2.45, 2.75) is 19.3 Å². The van der Waals surface area contributed by atoms with E-state index >= 15 is 0 Å². The molecule has 4 rings (SSSR count). The van der Waals surface area contributed by atoms with Gasteiger partial charge in [-0.1, -0.05) is 11.2 Å². The zero-order chi connectivity index (χ0) is 18.5. The number of nitrogens with zero attached hydrogens (tertiary/aromatic N) is 2. The van der Waals surface area contributed by atoms with Gasteiger partial charge in [-0.05, 0) is 35.6 Å². The van der Waals surface area contributed by atoms with E-state index in [2.05, 4.69) is 15.5 Å². The number of benzene rings is 1. The fraction of sp³-hybridized carbons (Fsp3) is 0.316. The lowest BCUT2D eigenvalue weighted by Gasteiger charge is -2.18. The summed E-state index contributed by atoms with van der Waals surface area (Å²) in [5.74, 6) is 2.53. The van der Waals surface area contributed by atoms with Crippen molar-refractivity contribution in [2.75, 3.05) is 19.8 Å². The van der Waals surface area contributed by atoms with Gasteiger partial charge in [-0.2, -0.15) is 16.3 Å². The van der Waals surface area contributed by atoms with Crippen LogP contribution in [0.3, 0.4) is 0 Å². The summed E-state index contributed by atoms with van der Waals surface area (Å²) < 4.78 is 16.3. The monoisotopic (exact) mass is 385 g/mol. The molecule has 0 aliphatic carbocycles. The van der Waals surface area contributed by atoms with Crippen LogP contribution < -0.4 is 14.8 Å². The van der Waals surface area contributed by atoms with Gasteiger partial charge in [0, 0.05) is 30.3 Å². The van der Waals surface area contributed by atoms with E-state index in [1.807, 2.05) is 35.0 Å². The first-order valence-corrected chi connectivity index (χ1v) is 9.72. The van der Waals surface area contributed by atoms with Crippen LogP contribution in [-0.2, 0) is 17.6 Å². The summed E-state index contributed by atoms with van der Waals surface area (Å²) in [7, 11) is 0. The van der Waals surface area contributed by atoms with Crippen molar-refractivity contribution in [1.29, 1.82) is 0 Å². The highest BCUT2D eigenvalue weighted by molar-refractivity contribution is 7.08. The average molecular weight is 385 g/mol. The second-order valence-corrected chi connectivity index (χ2v) is 6.88. The lowest BCUT2D eigenvalue weighted by Crippen LogP contribution is -2.26. The summed E-state index contributed by atoms with van der Waals surface area (Å²) in [5.41, 5.74) is 2.02. The fourth-order valence-corrected chi connectivity index (χ4v) is 3.40. The Morgan fingerprint density at radius 1 is 1.15 bits per heavy atom. The van der Waals surface area contributed by atoms with Gasteiger partial charge in [-0.3, -0.25) is 4.79 Å². The van der Waals surface area contributed by atoms with Crippen LogP contribution >= 0.6 is 11.3 Å². The number of ether oxygens (including phenoxy) is 2. The zero-order valence-corrected chi connectivity index (χ0v) is 15.5. The number of hydrogen-bond acceptors (Lipinski definition) is 7. The largest absolute Gasteiger partial charge is 0.486 e. The van der Waals surface area contributed by atoms with Crippen molar-refractivity contribution in [1.82, 2.24) is 15.5 Å². The van der Waals surface area contributed by atoms with Crippen LogP contribution in [0.15, 0.2) is 39.5 Å². The van der Waals surface area contributed by atoms with Crippen LogP contribution in [-0.4, -0.2) is 35.8 Å². The molecule has 8 heteroatoms. The smallest absolute Gasteiger partial charge is 0.227 e. The molecule has 0 bridgehead atoms. The van der Waals surface area contributed by atoms with E-state index < -0.39 is 0 Å². The molecule has 0 atom stereocenters. The van der Waals surface area contributed by atoms with Crippen molar-refractivity contribution in [3.05, 3.63) is 46.5 Å². The van der Waals surface area contributed by atoms with Crippen molar-refractivity contribution >= 4 is 17.2 Å². The summed E-state index contributed by atoms with van der Waals surface area (Å²) in [6.45, 7) is 1.71. The number of amides is 1. The summed E-state index contributed by atoms with van der Waals surface area (Å²) in [6, 6.07) is 7.80. The number of nitrogens with one attached hydrogen (secondary N) is 1. The first kappa shape index (κ1) is 17.5. The van der Waals surface area contributed by atoms with E-state index in [9.17, 15) is 4.79 Å². The van der Waals surface area contributed by atoms with Crippen LogP contribution in [0, 0.1) is 0 Å². The second-order valence-electron chi connectivity index (χ2n) is 6.10. The molecule has 1 aromatic carbocycles. The molecule has 0 saturated heterocycles. The van der Waals surface area contributed by atoms with Gasteiger partial charge in [0.15, 0.2) is 11.5 Å². The summed E-state index contributed by atoms with van der Waals surface area (Å²) >= 11 is 1.58. The van der Waals surface area contributed by atoms with Crippen molar-refractivity contribution in [3.8, 4) is 22.9 Å². The summed E-state index contributed by atoms with van der Waals surface area (Å²) in [4.78, 5) is 16.3. The Hall–Kier alpha value is -2.87. The molecule has 3 aromatic rings. The van der Waals surface area contributed by atoms with Crippen LogP contribution in [0.4, 0.5) is 0 Å². The average Bonchev–Trinajstić information content (AvgIpc) is 3.38. The topological polar surface area (TPSA) is 86.5 Å². The fourth-order valence-electron chi connectivity index (χ4n) is 2.76. The number of aryl methyl sites for hydroxylation is 1. The lowest BCUT2D eigenvalue weighted by atomic mass is 10.1. The highest BCUT2D eigenvalue weighted by atomic mass is 32.1. The van der Waals surface area contributed by atoms with Gasteiger partial charge in [0.25, 0.3) is 0 Å². The standard InChI is InChI=1S/C19H19N3O4S/c23-17(3-4-18-21-19(22-26-18)14-6-10-27-12-14)20-7-5-13-1-2-15-16(11-13)25-9-8-24-15/h1-2,6,10-12H,3-5,7-9H2,(H,20,23). The Kier molecular flexibility index (Phi) is 5.34. The third kappa shape index (κ3) is 4.46. The maximum absolute atomic E-state index is 12.0. The molecular formula is C19H19N3O4S. The van der Waals surface area contributed by atoms with E-state index in [-0.39, 0.29) is 5.91 Å². The molecule has 27 heavy (non-hydrogen) atoms. The van der Waals surface area contributed by atoms with Gasteiger partial charge in [-0.15, -0.1) is 0 Å². The Balaban J connectivity index is 1.21. The maximum Gasteiger partial charge on any atom is 0.227 e. The third-order valence-corrected chi connectivity index (χ3v) is 4.84. The number of thiophene rings is 1. The number of hydrogen-bond donors (Lipinski definition) is 1. The molecule has 1 N–H and O–H groups in total. The molecule has 2 aromatic heterocycles. The second kappa shape index (κ2) is 8.22. The molecular weight excluding hydrogens is 366 g/mol. The van der Waals surface area contributed by atoms with E-state index in [0.717, 1.165) is 29.0 Å². The predicted molar refractivity (Wildman–Crippen MR) is 100 cm³/mol. The number of carbonyl (C=O) groups excluding carboxylic acids is 1. The number of rotatable bonds is 7. The molecule has 0 unspecified atom stereocenters. The lowest BCUT2D eigenvalue weighted by molar-refractivity contribution is -0.121. The minimum Gasteiger partial charge on any atom is -0.486 e. The number of fused-ring (bicyclic) bond motifs is 1. The zero-order valence-electron chi connectivity index (χ0n) is 14.6. The molecule has 7 nitrogen and oxygen atoms in total. The Labute approximate surface area is 160 Å². The van der Waals surface area contributed by atoms with Gasteiger partial charge in [0.2, 0.25) is 17.6 Å². The van der Waals surface area contributed by atoms with Crippen molar-refractivity contribution < 1.29 is 18.8 Å². The molecule has 140 valence electrons. The van der Waals surface area contributed by atoms with Gasteiger partial charge in [0.05, 0.1) is 0 Å². The van der Waals surface area contributed by atoms with E-state index in [0.29, 0.717) is 44.3 Å². The van der Waals surface area contributed by atoms with Crippen LogP contribution in [0.1, 0.15) is 17.9 Å². The predicted octanol–water partition coefficient (Wildman–Crippen LogP) is 2.86. The Morgan fingerprint density at radius 3 is 2.89 bits per heavy atom. The molecule has 1 aliphatic heterocycles. The van der Waals surface area contributed by atoms with Gasteiger partial charge in [0.1, 0.15) is 13.2 Å². The van der Waals surface area contributed by atoms with Crippen molar-refractivity contribution in [3.63, 3.8) is 0 Å². The SMILES string of the molecule is O=C(CCc1nc(-c2ccsc2)no1)NCCc1ccc2c(c1)OCCO2. The molecule has 1 amide bonds. The minimum atomic E-state index is -0.0390. The van der Waals surface area contributed by atoms with Crippen LogP contribution in [0.25, 0.3) is 11.4 Å². The Morgan fingerprint density at radius 2 is 2.04 bits per heavy atom. The van der Waals surface area contributed by atoms with Gasteiger partial charge < -0.3 is 19.3 Å². The molecule has 1 aliphatic rings. The highest BCUT2D eigenvalue weighted by Crippen LogP contribution is 2.30. The molecule has 0 saturated carbocycles. The minimum absolute atomic E-state index is 0.0390. The van der Waals surface area contributed by atoms with Gasteiger partial charge in [-0.25, -0.2) is 0 Å². The summed E-state index contributed by atoms with van der Waals surface area (Å²) in [6.07, 6.45) is 1.46. The maximum atomic E-state index is 12.0. The third-order valence-electron chi connectivity index (χ3n) is 4.16.